The lowest BCUT2D eigenvalue weighted by Gasteiger charge is -2.23. The monoisotopic (exact) mass is 333 g/mol. The van der Waals surface area contributed by atoms with Crippen LogP contribution < -0.4 is 0 Å². The Morgan fingerprint density at radius 2 is 1.87 bits per heavy atom. The number of amides is 2. The van der Waals surface area contributed by atoms with Crippen molar-refractivity contribution in [3.63, 3.8) is 0 Å². The molecule has 6 heteroatoms. The van der Waals surface area contributed by atoms with E-state index in [9.17, 15) is 19.5 Å². The molecule has 0 aromatic heterocycles. The minimum atomic E-state index is -1.18. The summed E-state index contributed by atoms with van der Waals surface area (Å²) in [4.78, 5) is 37.8. The van der Waals surface area contributed by atoms with E-state index in [0.29, 0.717) is 17.9 Å². The molecule has 23 heavy (non-hydrogen) atoms. The SMILES string of the molecule is O=C(O)C(Cc1ccccc1)N1C(=O)C2CC=C(Cl)CC2C1=O. The van der Waals surface area contributed by atoms with Gasteiger partial charge in [-0.2, -0.15) is 0 Å². The fourth-order valence-electron chi connectivity index (χ4n) is 3.29. The van der Waals surface area contributed by atoms with Gasteiger partial charge in [0.15, 0.2) is 0 Å². The summed E-state index contributed by atoms with van der Waals surface area (Å²) in [6, 6.07) is 7.81. The van der Waals surface area contributed by atoms with Crippen LogP contribution in [-0.2, 0) is 20.8 Å². The molecule has 1 aliphatic carbocycles. The Balaban J connectivity index is 1.87. The third-order valence-corrected chi connectivity index (χ3v) is 4.78. The Labute approximate surface area is 138 Å². The Bertz CT molecular complexity index is 685. The van der Waals surface area contributed by atoms with E-state index in [1.165, 1.54) is 0 Å². The minimum Gasteiger partial charge on any atom is -0.480 e. The van der Waals surface area contributed by atoms with Gasteiger partial charge in [0.2, 0.25) is 11.8 Å². The molecule has 5 nitrogen and oxygen atoms in total. The number of hydrogen-bond acceptors (Lipinski definition) is 3. The number of carbonyl (C=O) groups excluding carboxylic acids is 2. The maximum Gasteiger partial charge on any atom is 0.327 e. The molecule has 1 aromatic carbocycles. The molecule has 0 saturated carbocycles. The number of carboxylic acids is 1. The van der Waals surface area contributed by atoms with Crippen LogP contribution in [-0.4, -0.2) is 33.8 Å². The highest BCUT2D eigenvalue weighted by molar-refractivity contribution is 6.30. The topological polar surface area (TPSA) is 74.7 Å². The first-order valence-electron chi connectivity index (χ1n) is 7.47. The van der Waals surface area contributed by atoms with Crippen LogP contribution in [0, 0.1) is 11.8 Å². The van der Waals surface area contributed by atoms with Gasteiger partial charge in [0.1, 0.15) is 6.04 Å². The number of fused-ring (bicyclic) bond motifs is 1. The van der Waals surface area contributed by atoms with Crippen LogP contribution in [0.5, 0.6) is 0 Å². The zero-order valence-electron chi connectivity index (χ0n) is 12.3. The van der Waals surface area contributed by atoms with Gasteiger partial charge >= 0.3 is 5.97 Å². The minimum absolute atomic E-state index is 0.105. The highest BCUT2D eigenvalue weighted by Gasteiger charge is 2.52. The van der Waals surface area contributed by atoms with Gasteiger partial charge in [0.05, 0.1) is 11.8 Å². The van der Waals surface area contributed by atoms with Crippen LogP contribution >= 0.6 is 11.6 Å². The predicted molar refractivity (Wildman–Crippen MR) is 83.6 cm³/mol. The molecule has 1 aromatic rings. The smallest absolute Gasteiger partial charge is 0.327 e. The molecule has 0 spiro atoms. The number of aliphatic carboxylic acids is 1. The number of halogens is 1. The van der Waals surface area contributed by atoms with Gasteiger partial charge in [-0.1, -0.05) is 48.0 Å². The molecule has 1 heterocycles. The van der Waals surface area contributed by atoms with E-state index in [1.807, 2.05) is 6.07 Å². The summed E-state index contributed by atoms with van der Waals surface area (Å²) in [5.74, 6) is -3.01. The van der Waals surface area contributed by atoms with Gasteiger partial charge in [-0.15, -0.1) is 0 Å². The Hall–Kier alpha value is -2.14. The van der Waals surface area contributed by atoms with Crippen molar-refractivity contribution >= 4 is 29.4 Å². The largest absolute Gasteiger partial charge is 0.480 e. The second-order valence-corrected chi connectivity index (χ2v) is 6.38. The Morgan fingerprint density at radius 3 is 2.52 bits per heavy atom. The van der Waals surface area contributed by atoms with Gasteiger partial charge in [-0.25, -0.2) is 4.79 Å². The molecule has 1 aliphatic heterocycles. The molecule has 1 N–H and O–H groups in total. The van der Waals surface area contributed by atoms with Gasteiger partial charge in [0, 0.05) is 11.5 Å². The third kappa shape index (κ3) is 2.88. The number of carboxylic acid groups (broad SMARTS) is 1. The average molecular weight is 334 g/mol. The molecule has 0 radical (unpaired) electrons. The quantitative estimate of drug-likeness (QED) is 0.857. The summed E-state index contributed by atoms with van der Waals surface area (Å²) in [6.07, 6.45) is 2.55. The van der Waals surface area contributed by atoms with Crippen molar-refractivity contribution in [3.05, 3.63) is 47.0 Å². The van der Waals surface area contributed by atoms with Crippen molar-refractivity contribution in [3.8, 4) is 0 Å². The van der Waals surface area contributed by atoms with Gasteiger partial charge < -0.3 is 5.11 Å². The lowest BCUT2D eigenvalue weighted by atomic mass is 9.85. The normalized spacial score (nSPS) is 25.1. The fraction of sp³-hybridized carbons (Fsp3) is 0.353. The molecule has 2 aliphatic rings. The molecule has 3 atom stereocenters. The number of rotatable bonds is 4. The predicted octanol–water partition coefficient (Wildman–Crippen LogP) is 2.20. The Kier molecular flexibility index (Phi) is 4.22. The zero-order chi connectivity index (χ0) is 16.6. The molecule has 2 amide bonds. The fourth-order valence-corrected chi connectivity index (χ4v) is 3.54. The van der Waals surface area contributed by atoms with Gasteiger partial charge in [-0.3, -0.25) is 14.5 Å². The van der Waals surface area contributed by atoms with Gasteiger partial charge in [0.25, 0.3) is 0 Å². The summed E-state index contributed by atoms with van der Waals surface area (Å²) in [7, 11) is 0. The van der Waals surface area contributed by atoms with E-state index in [-0.39, 0.29) is 6.42 Å². The van der Waals surface area contributed by atoms with Crippen LogP contribution in [0.3, 0.4) is 0 Å². The number of carbonyl (C=O) groups is 3. The maximum atomic E-state index is 12.6. The Morgan fingerprint density at radius 1 is 1.22 bits per heavy atom. The van der Waals surface area contributed by atoms with Crippen LogP contribution in [0.4, 0.5) is 0 Å². The number of benzene rings is 1. The van der Waals surface area contributed by atoms with Crippen molar-refractivity contribution in [1.29, 1.82) is 0 Å². The summed E-state index contributed by atoms with van der Waals surface area (Å²) >= 11 is 5.98. The summed E-state index contributed by atoms with van der Waals surface area (Å²) < 4.78 is 0. The molecule has 3 unspecified atom stereocenters. The number of imide groups is 1. The average Bonchev–Trinajstić information content (AvgIpc) is 2.77. The first kappa shape index (κ1) is 15.7. The van der Waals surface area contributed by atoms with Crippen molar-refractivity contribution < 1.29 is 19.5 Å². The first-order valence-corrected chi connectivity index (χ1v) is 7.85. The van der Waals surface area contributed by atoms with E-state index < -0.39 is 35.7 Å². The molecule has 3 rings (SSSR count). The molecule has 120 valence electrons. The van der Waals surface area contributed by atoms with Crippen molar-refractivity contribution in [2.45, 2.75) is 25.3 Å². The summed E-state index contributed by atoms with van der Waals surface area (Å²) in [6.45, 7) is 0. The lowest BCUT2D eigenvalue weighted by Crippen LogP contribution is -2.46. The zero-order valence-corrected chi connectivity index (χ0v) is 13.1. The highest BCUT2D eigenvalue weighted by atomic mass is 35.5. The lowest BCUT2D eigenvalue weighted by molar-refractivity contribution is -0.155. The highest BCUT2D eigenvalue weighted by Crippen LogP contribution is 2.40. The summed E-state index contributed by atoms with van der Waals surface area (Å²) in [5, 5.41) is 10.1. The maximum absolute atomic E-state index is 12.6. The standard InChI is InChI=1S/C17H16ClNO4/c18-11-6-7-12-13(9-11)16(21)19(15(12)20)14(17(22)23)8-10-4-2-1-3-5-10/h1-6,12-14H,7-9H2,(H,22,23). The number of nitrogens with zero attached hydrogens (tertiary/aromatic N) is 1. The van der Waals surface area contributed by atoms with Gasteiger partial charge in [-0.05, 0) is 18.4 Å². The summed E-state index contributed by atoms with van der Waals surface area (Å²) in [5.41, 5.74) is 0.770. The first-order chi connectivity index (χ1) is 11.0. The van der Waals surface area contributed by atoms with Crippen LogP contribution in [0.25, 0.3) is 0 Å². The van der Waals surface area contributed by atoms with E-state index in [2.05, 4.69) is 0 Å². The number of hydrogen-bond donors (Lipinski definition) is 1. The molecular formula is C17H16ClNO4. The molecule has 0 bridgehead atoms. The van der Waals surface area contributed by atoms with E-state index in [0.717, 1.165) is 10.5 Å². The van der Waals surface area contributed by atoms with Crippen LogP contribution in [0.2, 0.25) is 0 Å². The second kappa shape index (κ2) is 6.16. The van der Waals surface area contributed by atoms with E-state index in [4.69, 9.17) is 11.6 Å². The van der Waals surface area contributed by atoms with E-state index >= 15 is 0 Å². The second-order valence-electron chi connectivity index (χ2n) is 5.89. The molecule has 1 saturated heterocycles. The van der Waals surface area contributed by atoms with Crippen molar-refractivity contribution in [1.82, 2.24) is 4.90 Å². The molecular weight excluding hydrogens is 318 g/mol. The number of likely N-dealkylation sites (tertiary alicyclic amines) is 1. The number of allylic oxidation sites excluding steroid dienone is 2. The van der Waals surface area contributed by atoms with Crippen LogP contribution in [0.1, 0.15) is 18.4 Å². The third-order valence-electron chi connectivity index (χ3n) is 4.47. The van der Waals surface area contributed by atoms with Crippen LogP contribution in [0.15, 0.2) is 41.4 Å². The van der Waals surface area contributed by atoms with Crippen molar-refractivity contribution in [2.24, 2.45) is 11.8 Å². The van der Waals surface area contributed by atoms with Crippen molar-refractivity contribution in [2.75, 3.05) is 0 Å². The molecule has 1 fully saturated rings. The van der Waals surface area contributed by atoms with E-state index in [1.54, 1.807) is 30.3 Å².